The molecule has 0 aliphatic carbocycles. The number of nitrogens with one attached hydrogen (secondary N) is 2. The lowest BCUT2D eigenvalue weighted by atomic mass is 10.1. The van der Waals surface area contributed by atoms with Crippen LogP contribution in [-0.2, 0) is 4.79 Å². The van der Waals surface area contributed by atoms with Crippen molar-refractivity contribution in [1.29, 1.82) is 0 Å². The Hall–Kier alpha value is -1.92. The van der Waals surface area contributed by atoms with Gasteiger partial charge in [0.05, 0.1) is 0 Å². The molecule has 128 valence electrons. The second-order valence-corrected chi connectivity index (χ2v) is 6.57. The summed E-state index contributed by atoms with van der Waals surface area (Å²) in [6, 6.07) is 12.6. The highest BCUT2D eigenvalue weighted by Crippen LogP contribution is 2.36. The Morgan fingerprint density at radius 1 is 1.17 bits per heavy atom. The highest BCUT2D eigenvalue weighted by atomic mass is 32.2. The van der Waals surface area contributed by atoms with E-state index >= 15 is 0 Å². The van der Waals surface area contributed by atoms with Gasteiger partial charge in [-0.15, -0.1) is 11.8 Å². The quantitative estimate of drug-likeness (QED) is 0.751. The maximum absolute atomic E-state index is 14.0. The molecule has 2 atom stereocenters. The SMILES string of the molecule is CNC(C)CNC(=O)C(Sc1ccc(F)cc1F)c1ccccc1. The molecule has 1 amide bonds. The van der Waals surface area contributed by atoms with Crippen molar-refractivity contribution in [3.05, 3.63) is 65.7 Å². The van der Waals surface area contributed by atoms with Gasteiger partial charge in [0.1, 0.15) is 16.9 Å². The first-order valence-corrected chi connectivity index (χ1v) is 8.51. The molecule has 0 saturated heterocycles. The molecule has 24 heavy (non-hydrogen) atoms. The number of halogens is 2. The van der Waals surface area contributed by atoms with Gasteiger partial charge in [0.2, 0.25) is 5.91 Å². The second-order valence-electron chi connectivity index (χ2n) is 5.42. The summed E-state index contributed by atoms with van der Waals surface area (Å²) in [6.45, 7) is 2.41. The summed E-state index contributed by atoms with van der Waals surface area (Å²) in [7, 11) is 1.81. The zero-order chi connectivity index (χ0) is 17.5. The van der Waals surface area contributed by atoms with Crippen molar-refractivity contribution in [2.45, 2.75) is 23.1 Å². The van der Waals surface area contributed by atoms with Crippen LogP contribution in [0.4, 0.5) is 8.78 Å². The Kier molecular flexibility index (Phi) is 6.75. The van der Waals surface area contributed by atoms with E-state index in [1.165, 1.54) is 12.1 Å². The Morgan fingerprint density at radius 3 is 2.50 bits per heavy atom. The highest BCUT2D eigenvalue weighted by Gasteiger charge is 2.23. The molecule has 0 aromatic heterocycles. The third kappa shape index (κ3) is 5.04. The zero-order valence-corrected chi connectivity index (χ0v) is 14.4. The molecule has 0 fully saturated rings. The van der Waals surface area contributed by atoms with Gasteiger partial charge in [-0.05, 0) is 31.7 Å². The van der Waals surface area contributed by atoms with E-state index in [-0.39, 0.29) is 16.8 Å². The Bertz CT molecular complexity index is 682. The number of hydrogen-bond acceptors (Lipinski definition) is 3. The monoisotopic (exact) mass is 350 g/mol. The number of likely N-dealkylation sites (N-methyl/N-ethyl adjacent to an activating group) is 1. The molecule has 0 saturated carbocycles. The number of thioether (sulfide) groups is 1. The zero-order valence-electron chi connectivity index (χ0n) is 13.6. The fraction of sp³-hybridized carbons (Fsp3) is 0.278. The largest absolute Gasteiger partial charge is 0.353 e. The van der Waals surface area contributed by atoms with E-state index in [1.807, 2.05) is 44.3 Å². The Balaban J connectivity index is 2.21. The summed E-state index contributed by atoms with van der Waals surface area (Å²) >= 11 is 1.07. The molecule has 3 nitrogen and oxygen atoms in total. The number of benzene rings is 2. The maximum atomic E-state index is 14.0. The molecule has 0 aliphatic rings. The number of carbonyl (C=O) groups is 1. The molecule has 0 heterocycles. The minimum Gasteiger partial charge on any atom is -0.353 e. The van der Waals surface area contributed by atoms with E-state index in [0.29, 0.717) is 6.54 Å². The predicted octanol–water partition coefficient (Wildman–Crippen LogP) is 3.52. The van der Waals surface area contributed by atoms with Crippen LogP contribution in [-0.4, -0.2) is 25.5 Å². The summed E-state index contributed by atoms with van der Waals surface area (Å²) in [6.07, 6.45) is 0. The van der Waals surface area contributed by atoms with Crippen LogP contribution in [0.25, 0.3) is 0 Å². The minimum absolute atomic E-state index is 0.123. The van der Waals surface area contributed by atoms with Crippen LogP contribution in [0, 0.1) is 11.6 Å². The number of rotatable bonds is 7. The third-order valence-electron chi connectivity index (χ3n) is 3.55. The highest BCUT2D eigenvalue weighted by molar-refractivity contribution is 8.00. The van der Waals surface area contributed by atoms with Crippen molar-refractivity contribution >= 4 is 17.7 Å². The van der Waals surface area contributed by atoms with Gasteiger partial charge < -0.3 is 10.6 Å². The molecule has 2 rings (SSSR count). The van der Waals surface area contributed by atoms with Crippen molar-refractivity contribution < 1.29 is 13.6 Å². The van der Waals surface area contributed by atoms with Gasteiger partial charge in [0, 0.05) is 23.5 Å². The summed E-state index contributed by atoms with van der Waals surface area (Å²) in [4.78, 5) is 12.8. The first-order chi connectivity index (χ1) is 11.5. The second kappa shape index (κ2) is 8.80. The van der Waals surface area contributed by atoms with Gasteiger partial charge in [0.15, 0.2) is 0 Å². The Labute approximate surface area is 144 Å². The van der Waals surface area contributed by atoms with Crippen LogP contribution in [0.15, 0.2) is 53.4 Å². The van der Waals surface area contributed by atoms with E-state index in [1.54, 1.807) is 0 Å². The predicted molar refractivity (Wildman–Crippen MR) is 92.9 cm³/mol. The van der Waals surface area contributed by atoms with Crippen LogP contribution in [0.1, 0.15) is 17.7 Å². The van der Waals surface area contributed by atoms with Gasteiger partial charge in [-0.1, -0.05) is 30.3 Å². The molecule has 2 unspecified atom stereocenters. The lowest BCUT2D eigenvalue weighted by molar-refractivity contribution is -0.120. The third-order valence-corrected chi connectivity index (χ3v) is 4.86. The van der Waals surface area contributed by atoms with Gasteiger partial charge in [-0.25, -0.2) is 8.78 Å². The normalized spacial score (nSPS) is 13.3. The van der Waals surface area contributed by atoms with Crippen LogP contribution < -0.4 is 10.6 Å². The molecule has 0 radical (unpaired) electrons. The number of carbonyl (C=O) groups excluding carboxylic acids is 1. The molecule has 0 spiro atoms. The molecule has 0 aliphatic heterocycles. The lowest BCUT2D eigenvalue weighted by Crippen LogP contribution is -2.38. The molecular weight excluding hydrogens is 330 g/mol. The summed E-state index contributed by atoms with van der Waals surface area (Å²) in [5.74, 6) is -1.52. The fourth-order valence-corrected chi connectivity index (χ4v) is 3.10. The smallest absolute Gasteiger partial charge is 0.238 e. The molecular formula is C18H20F2N2OS. The molecule has 0 bridgehead atoms. The van der Waals surface area contributed by atoms with Crippen LogP contribution in [0.2, 0.25) is 0 Å². The first kappa shape index (κ1) is 18.4. The van der Waals surface area contributed by atoms with E-state index in [2.05, 4.69) is 10.6 Å². The van der Waals surface area contributed by atoms with Crippen molar-refractivity contribution in [1.82, 2.24) is 10.6 Å². The van der Waals surface area contributed by atoms with E-state index in [0.717, 1.165) is 23.4 Å². The average Bonchev–Trinajstić information content (AvgIpc) is 2.59. The average molecular weight is 350 g/mol. The van der Waals surface area contributed by atoms with Crippen LogP contribution in [0.5, 0.6) is 0 Å². The topological polar surface area (TPSA) is 41.1 Å². The number of amides is 1. The van der Waals surface area contributed by atoms with Crippen molar-refractivity contribution in [2.75, 3.05) is 13.6 Å². The molecule has 2 aromatic carbocycles. The first-order valence-electron chi connectivity index (χ1n) is 7.63. The van der Waals surface area contributed by atoms with Gasteiger partial charge >= 0.3 is 0 Å². The maximum Gasteiger partial charge on any atom is 0.238 e. The standard InChI is InChI=1S/C18H20F2N2OS/c1-12(21-2)11-22-18(23)17(13-6-4-3-5-7-13)24-16-9-8-14(19)10-15(16)20/h3-10,12,17,21H,11H2,1-2H3,(H,22,23). The van der Waals surface area contributed by atoms with Crippen molar-refractivity contribution in [2.24, 2.45) is 0 Å². The molecule has 2 aromatic rings. The van der Waals surface area contributed by atoms with Crippen LogP contribution in [0.3, 0.4) is 0 Å². The molecule has 6 heteroatoms. The van der Waals surface area contributed by atoms with Gasteiger partial charge in [-0.2, -0.15) is 0 Å². The summed E-state index contributed by atoms with van der Waals surface area (Å²) < 4.78 is 27.0. The van der Waals surface area contributed by atoms with E-state index < -0.39 is 16.9 Å². The van der Waals surface area contributed by atoms with E-state index in [4.69, 9.17) is 0 Å². The number of hydrogen-bond donors (Lipinski definition) is 2. The summed E-state index contributed by atoms with van der Waals surface area (Å²) in [5, 5.41) is 5.29. The Morgan fingerprint density at radius 2 is 1.88 bits per heavy atom. The van der Waals surface area contributed by atoms with Crippen molar-refractivity contribution in [3.8, 4) is 0 Å². The fourth-order valence-electron chi connectivity index (χ4n) is 2.05. The minimum atomic E-state index is -0.669. The van der Waals surface area contributed by atoms with E-state index in [9.17, 15) is 13.6 Å². The lowest BCUT2D eigenvalue weighted by Gasteiger charge is -2.19. The summed E-state index contributed by atoms with van der Waals surface area (Å²) in [5.41, 5.74) is 0.765. The molecule has 2 N–H and O–H groups in total. The van der Waals surface area contributed by atoms with Crippen LogP contribution >= 0.6 is 11.8 Å². The van der Waals surface area contributed by atoms with Gasteiger partial charge in [0.25, 0.3) is 0 Å². The van der Waals surface area contributed by atoms with Crippen molar-refractivity contribution in [3.63, 3.8) is 0 Å². The van der Waals surface area contributed by atoms with Gasteiger partial charge in [-0.3, -0.25) is 4.79 Å².